The van der Waals surface area contributed by atoms with Crippen LogP contribution in [0.25, 0.3) is 0 Å². The molecule has 0 spiro atoms. The molecule has 0 saturated heterocycles. The number of hydrogen-bond donors (Lipinski definition) is 1. The average Bonchev–Trinajstić information content (AvgIpc) is 2.78. The molecule has 1 unspecified atom stereocenters. The van der Waals surface area contributed by atoms with Gasteiger partial charge in [-0.3, -0.25) is 9.59 Å². The lowest BCUT2D eigenvalue weighted by atomic mass is 10.0. The SMILES string of the molecule is CCCCCCCCCCCCCCCCCCOC(=O)CC=CC(C)SCCNC(C)=O. The second-order valence-corrected chi connectivity index (χ2v) is 10.7. The fourth-order valence-electron chi connectivity index (χ4n) is 3.78. The van der Waals surface area contributed by atoms with Gasteiger partial charge in [0.1, 0.15) is 0 Å². The summed E-state index contributed by atoms with van der Waals surface area (Å²) in [6.07, 6.45) is 25.8. The fraction of sp³-hybridized carbons (Fsp3) is 0.857. The smallest absolute Gasteiger partial charge is 0.309 e. The van der Waals surface area contributed by atoms with Crippen LogP contribution in [0, 0.1) is 0 Å². The number of esters is 1. The third-order valence-electron chi connectivity index (χ3n) is 5.81. The number of ether oxygens (including phenoxy) is 1. The molecular formula is C28H53NO3S. The summed E-state index contributed by atoms with van der Waals surface area (Å²) >= 11 is 1.76. The minimum Gasteiger partial charge on any atom is -0.465 e. The molecule has 0 saturated carbocycles. The molecule has 0 aromatic rings. The van der Waals surface area contributed by atoms with E-state index in [1.165, 1.54) is 96.8 Å². The van der Waals surface area contributed by atoms with Crippen LogP contribution in [0.4, 0.5) is 0 Å². The number of hydrogen-bond acceptors (Lipinski definition) is 4. The number of amides is 1. The molecule has 0 rings (SSSR count). The van der Waals surface area contributed by atoms with E-state index in [1.807, 2.05) is 12.2 Å². The summed E-state index contributed by atoms with van der Waals surface area (Å²) in [5.74, 6) is 0.739. The van der Waals surface area contributed by atoms with Crippen molar-refractivity contribution in [1.29, 1.82) is 0 Å². The number of nitrogens with one attached hydrogen (secondary N) is 1. The van der Waals surface area contributed by atoms with E-state index in [4.69, 9.17) is 4.74 Å². The predicted molar refractivity (Wildman–Crippen MR) is 145 cm³/mol. The number of carbonyl (C=O) groups excluding carboxylic acids is 2. The molecule has 5 heteroatoms. The molecule has 0 aliphatic heterocycles. The van der Waals surface area contributed by atoms with Gasteiger partial charge in [0, 0.05) is 24.5 Å². The van der Waals surface area contributed by atoms with E-state index in [1.54, 1.807) is 11.8 Å². The van der Waals surface area contributed by atoms with Gasteiger partial charge in [0.15, 0.2) is 0 Å². The minimum atomic E-state index is -0.136. The number of unbranched alkanes of at least 4 members (excludes halogenated alkanes) is 15. The summed E-state index contributed by atoms with van der Waals surface area (Å²) in [5, 5.41) is 3.11. The maximum absolute atomic E-state index is 11.8. The van der Waals surface area contributed by atoms with Gasteiger partial charge in [0.05, 0.1) is 13.0 Å². The lowest BCUT2D eigenvalue weighted by molar-refractivity contribution is -0.142. The van der Waals surface area contributed by atoms with Gasteiger partial charge in [-0.15, -0.1) is 0 Å². The van der Waals surface area contributed by atoms with Gasteiger partial charge in [0.25, 0.3) is 0 Å². The highest BCUT2D eigenvalue weighted by molar-refractivity contribution is 8.00. The molecule has 0 aromatic carbocycles. The van der Waals surface area contributed by atoms with E-state index >= 15 is 0 Å². The van der Waals surface area contributed by atoms with Crippen LogP contribution in [-0.4, -0.2) is 36.0 Å². The van der Waals surface area contributed by atoms with Gasteiger partial charge in [-0.2, -0.15) is 11.8 Å². The highest BCUT2D eigenvalue weighted by Crippen LogP contribution is 2.14. The molecule has 4 nitrogen and oxygen atoms in total. The van der Waals surface area contributed by atoms with Crippen molar-refractivity contribution in [1.82, 2.24) is 5.32 Å². The zero-order valence-corrected chi connectivity index (χ0v) is 22.8. The number of thioether (sulfide) groups is 1. The molecule has 0 aliphatic carbocycles. The highest BCUT2D eigenvalue weighted by atomic mass is 32.2. The normalized spacial score (nSPS) is 12.2. The van der Waals surface area contributed by atoms with Crippen LogP contribution in [-0.2, 0) is 14.3 Å². The molecule has 1 N–H and O–H groups in total. The third kappa shape index (κ3) is 27.2. The molecule has 33 heavy (non-hydrogen) atoms. The Balaban J connectivity index is 3.31. The Morgan fingerprint density at radius 1 is 0.818 bits per heavy atom. The summed E-state index contributed by atoms with van der Waals surface area (Å²) in [6.45, 7) is 7.13. The highest BCUT2D eigenvalue weighted by Gasteiger charge is 2.02. The Hall–Kier alpha value is -0.970. The van der Waals surface area contributed by atoms with E-state index < -0.39 is 0 Å². The summed E-state index contributed by atoms with van der Waals surface area (Å²) in [7, 11) is 0. The van der Waals surface area contributed by atoms with Crippen molar-refractivity contribution < 1.29 is 14.3 Å². The molecule has 0 aromatic heterocycles. The summed E-state index contributed by atoms with van der Waals surface area (Å²) in [5.41, 5.74) is 0. The van der Waals surface area contributed by atoms with Crippen LogP contribution in [0.1, 0.15) is 130 Å². The van der Waals surface area contributed by atoms with Crippen LogP contribution in [0.3, 0.4) is 0 Å². The van der Waals surface area contributed by atoms with Crippen molar-refractivity contribution in [3.05, 3.63) is 12.2 Å². The largest absolute Gasteiger partial charge is 0.465 e. The van der Waals surface area contributed by atoms with Crippen molar-refractivity contribution in [2.24, 2.45) is 0 Å². The van der Waals surface area contributed by atoms with Gasteiger partial charge >= 0.3 is 5.97 Å². The second kappa shape index (κ2) is 25.6. The first-order valence-corrected chi connectivity index (χ1v) is 14.8. The Morgan fingerprint density at radius 3 is 1.79 bits per heavy atom. The Labute approximate surface area is 209 Å². The summed E-state index contributed by atoms with van der Waals surface area (Å²) < 4.78 is 5.32. The zero-order valence-electron chi connectivity index (χ0n) is 22.0. The van der Waals surface area contributed by atoms with Crippen LogP contribution >= 0.6 is 11.8 Å². The van der Waals surface area contributed by atoms with E-state index in [0.717, 1.165) is 18.6 Å². The topological polar surface area (TPSA) is 55.4 Å². The quantitative estimate of drug-likeness (QED) is 0.0858. The second-order valence-electron chi connectivity index (χ2n) is 9.21. The Morgan fingerprint density at radius 2 is 1.30 bits per heavy atom. The maximum Gasteiger partial charge on any atom is 0.309 e. The van der Waals surface area contributed by atoms with Gasteiger partial charge < -0.3 is 10.1 Å². The van der Waals surface area contributed by atoms with Crippen molar-refractivity contribution in [3.63, 3.8) is 0 Å². The lowest BCUT2D eigenvalue weighted by Gasteiger charge is -2.07. The molecule has 0 aliphatic rings. The first kappa shape index (κ1) is 32.0. The van der Waals surface area contributed by atoms with E-state index in [0.29, 0.717) is 24.8 Å². The average molecular weight is 484 g/mol. The van der Waals surface area contributed by atoms with Crippen molar-refractivity contribution in [2.45, 2.75) is 135 Å². The summed E-state index contributed by atoms with van der Waals surface area (Å²) in [4.78, 5) is 22.6. The van der Waals surface area contributed by atoms with Crippen LogP contribution < -0.4 is 5.32 Å². The standard InChI is InChI=1S/C28H53NO3S/c1-4-5-6-7-8-9-10-11-12-13-14-15-16-17-18-19-24-32-28(31)22-20-21-26(2)33-25-23-29-27(3)30/h20-21,26H,4-19,22-25H2,1-3H3,(H,29,30). The molecule has 1 amide bonds. The van der Waals surface area contributed by atoms with Crippen molar-refractivity contribution >= 4 is 23.6 Å². The molecular weight excluding hydrogens is 430 g/mol. The maximum atomic E-state index is 11.8. The Bertz CT molecular complexity index is 482. The van der Waals surface area contributed by atoms with Crippen LogP contribution in [0.5, 0.6) is 0 Å². The predicted octanol–water partition coefficient (Wildman–Crippen LogP) is 8.00. The zero-order chi connectivity index (χ0) is 24.4. The fourth-order valence-corrected chi connectivity index (χ4v) is 4.59. The number of carbonyl (C=O) groups is 2. The van der Waals surface area contributed by atoms with Crippen LogP contribution in [0.2, 0.25) is 0 Å². The van der Waals surface area contributed by atoms with Crippen molar-refractivity contribution in [3.8, 4) is 0 Å². The first-order chi connectivity index (χ1) is 16.1. The molecule has 194 valence electrons. The molecule has 0 fully saturated rings. The monoisotopic (exact) mass is 483 g/mol. The van der Waals surface area contributed by atoms with Gasteiger partial charge in [-0.05, 0) is 13.3 Å². The van der Waals surface area contributed by atoms with Crippen molar-refractivity contribution in [2.75, 3.05) is 18.9 Å². The van der Waals surface area contributed by atoms with E-state index in [-0.39, 0.29) is 11.9 Å². The summed E-state index contributed by atoms with van der Waals surface area (Å²) in [6, 6.07) is 0. The number of rotatable bonds is 24. The third-order valence-corrected chi connectivity index (χ3v) is 6.93. The minimum absolute atomic E-state index is 0.00545. The molecule has 0 heterocycles. The molecule has 1 atom stereocenters. The van der Waals surface area contributed by atoms with Gasteiger partial charge in [0.2, 0.25) is 5.91 Å². The van der Waals surface area contributed by atoms with Gasteiger partial charge in [-0.25, -0.2) is 0 Å². The van der Waals surface area contributed by atoms with Crippen LogP contribution in [0.15, 0.2) is 12.2 Å². The van der Waals surface area contributed by atoms with E-state index in [9.17, 15) is 9.59 Å². The van der Waals surface area contributed by atoms with Gasteiger partial charge in [-0.1, -0.05) is 115 Å². The molecule has 0 radical (unpaired) electrons. The van der Waals surface area contributed by atoms with E-state index in [2.05, 4.69) is 19.2 Å². The Kier molecular flexibility index (Phi) is 24.9. The molecule has 0 bridgehead atoms. The first-order valence-electron chi connectivity index (χ1n) is 13.7. The lowest BCUT2D eigenvalue weighted by Crippen LogP contribution is -2.22.